The van der Waals surface area contributed by atoms with E-state index in [0.29, 0.717) is 28.7 Å². The van der Waals surface area contributed by atoms with Gasteiger partial charge >= 0.3 is 12.2 Å². The third kappa shape index (κ3) is 5.96. The number of hydrogen-bond acceptors (Lipinski definition) is 5. The van der Waals surface area contributed by atoms with E-state index in [1.165, 1.54) is 23.4 Å². The van der Waals surface area contributed by atoms with Gasteiger partial charge < -0.3 is 0 Å². The standard InChI is InChI=1S/C36H32F4N4O/c1-33(2,3)25-13-7-21(8-14-25)30-42-31(22-9-15-26(16-10-22)34(4,5)6)44-32(43-30)24-12-18-29(41-20-24)23-11-17-27-28(19-23)36(39,40)45-35(27,37)38/h7-20H,1-6H3. The van der Waals surface area contributed by atoms with Crippen LogP contribution in [0.25, 0.3) is 45.4 Å². The molecule has 3 heterocycles. The fraction of sp³-hybridized carbons (Fsp3) is 0.278. The summed E-state index contributed by atoms with van der Waals surface area (Å²) < 4.78 is 59.9. The molecule has 0 saturated heterocycles. The van der Waals surface area contributed by atoms with Crippen molar-refractivity contribution in [3.8, 4) is 45.4 Å². The molecule has 45 heavy (non-hydrogen) atoms. The van der Waals surface area contributed by atoms with Crippen LogP contribution in [0.15, 0.2) is 85.1 Å². The van der Waals surface area contributed by atoms with Crippen molar-refractivity contribution in [2.45, 2.75) is 64.6 Å². The van der Waals surface area contributed by atoms with Crippen LogP contribution < -0.4 is 0 Å². The second kappa shape index (κ2) is 10.5. The molecular weight excluding hydrogens is 580 g/mol. The van der Waals surface area contributed by atoms with Gasteiger partial charge in [0.1, 0.15) is 0 Å². The second-order valence-electron chi connectivity index (χ2n) is 13.3. The number of ether oxygens (including phenoxy) is 1. The Morgan fingerprint density at radius 1 is 0.511 bits per heavy atom. The van der Waals surface area contributed by atoms with Gasteiger partial charge in [-0.25, -0.2) is 19.7 Å². The first-order valence-electron chi connectivity index (χ1n) is 14.6. The van der Waals surface area contributed by atoms with Crippen molar-refractivity contribution in [2.75, 3.05) is 0 Å². The zero-order valence-electron chi connectivity index (χ0n) is 25.8. The van der Waals surface area contributed by atoms with E-state index in [-0.39, 0.29) is 16.4 Å². The minimum absolute atomic E-state index is 0.0151. The number of fused-ring (bicyclic) bond motifs is 1. The summed E-state index contributed by atoms with van der Waals surface area (Å²) in [6.07, 6.45) is -6.65. The lowest BCUT2D eigenvalue weighted by molar-refractivity contribution is -0.369. The van der Waals surface area contributed by atoms with Crippen molar-refractivity contribution in [1.29, 1.82) is 0 Å². The molecule has 0 N–H and O–H groups in total. The predicted octanol–water partition coefficient (Wildman–Crippen LogP) is 9.66. The quantitative estimate of drug-likeness (QED) is 0.189. The number of halogens is 4. The molecule has 0 atom stereocenters. The lowest BCUT2D eigenvalue weighted by atomic mass is 9.86. The van der Waals surface area contributed by atoms with E-state index in [0.717, 1.165) is 23.3 Å². The third-order valence-corrected chi connectivity index (χ3v) is 7.87. The minimum atomic E-state index is -4.11. The molecule has 0 amide bonds. The number of alkyl halides is 4. The van der Waals surface area contributed by atoms with Gasteiger partial charge in [-0.05, 0) is 46.2 Å². The number of hydrogen-bond donors (Lipinski definition) is 0. The molecule has 3 aromatic carbocycles. The first kappa shape index (κ1) is 30.5. The molecule has 0 bridgehead atoms. The summed E-state index contributed by atoms with van der Waals surface area (Å²) in [4.78, 5) is 18.8. The van der Waals surface area contributed by atoms with Crippen molar-refractivity contribution >= 4 is 0 Å². The Morgan fingerprint density at radius 2 is 0.933 bits per heavy atom. The fourth-order valence-corrected chi connectivity index (χ4v) is 5.17. The summed E-state index contributed by atoms with van der Waals surface area (Å²) in [5, 5.41) is 0. The molecule has 0 spiro atoms. The van der Waals surface area contributed by atoms with E-state index < -0.39 is 23.3 Å². The Labute approximate surface area is 259 Å². The first-order chi connectivity index (χ1) is 21.0. The largest absolute Gasteiger partial charge is 0.388 e. The van der Waals surface area contributed by atoms with Crippen LogP contribution in [0.4, 0.5) is 17.6 Å². The topological polar surface area (TPSA) is 60.8 Å². The van der Waals surface area contributed by atoms with Crippen molar-refractivity contribution < 1.29 is 22.3 Å². The van der Waals surface area contributed by atoms with Gasteiger partial charge in [-0.15, -0.1) is 0 Å². The smallest absolute Gasteiger partial charge is 0.255 e. The summed E-state index contributed by atoms with van der Waals surface area (Å²) >= 11 is 0. The van der Waals surface area contributed by atoms with Gasteiger partial charge in [0.2, 0.25) is 0 Å². The third-order valence-electron chi connectivity index (χ3n) is 7.87. The van der Waals surface area contributed by atoms with Crippen molar-refractivity contribution in [2.24, 2.45) is 0 Å². The van der Waals surface area contributed by atoms with E-state index in [4.69, 9.17) is 15.0 Å². The zero-order valence-corrected chi connectivity index (χ0v) is 25.8. The van der Waals surface area contributed by atoms with Crippen molar-refractivity contribution in [1.82, 2.24) is 19.9 Å². The van der Waals surface area contributed by atoms with Gasteiger partial charge in [0.25, 0.3) is 0 Å². The number of nitrogens with zero attached hydrogens (tertiary/aromatic N) is 4. The van der Waals surface area contributed by atoms with Gasteiger partial charge in [-0.2, -0.15) is 17.6 Å². The van der Waals surface area contributed by atoms with Crippen LogP contribution in [0.3, 0.4) is 0 Å². The first-order valence-corrected chi connectivity index (χ1v) is 14.6. The van der Waals surface area contributed by atoms with Crippen molar-refractivity contribution in [3.05, 3.63) is 107 Å². The van der Waals surface area contributed by atoms with Gasteiger partial charge in [-0.1, -0.05) is 96.1 Å². The van der Waals surface area contributed by atoms with Crippen LogP contribution in [-0.4, -0.2) is 19.9 Å². The average Bonchev–Trinajstić information content (AvgIpc) is 3.18. The monoisotopic (exact) mass is 612 g/mol. The summed E-state index contributed by atoms with van der Waals surface area (Å²) in [5.74, 6) is 1.35. The van der Waals surface area contributed by atoms with Crippen LogP contribution in [-0.2, 0) is 27.8 Å². The molecule has 5 aromatic rings. The van der Waals surface area contributed by atoms with Gasteiger partial charge in [0.05, 0.1) is 16.8 Å². The molecule has 6 rings (SSSR count). The molecule has 230 valence electrons. The molecule has 0 aliphatic carbocycles. The number of aromatic nitrogens is 4. The molecule has 9 heteroatoms. The maximum atomic E-state index is 14.2. The number of benzene rings is 3. The highest BCUT2D eigenvalue weighted by Gasteiger charge is 2.57. The summed E-state index contributed by atoms with van der Waals surface area (Å²) in [5.41, 5.74) is 3.37. The normalized spacial score (nSPS) is 15.6. The molecule has 0 saturated carbocycles. The zero-order chi connectivity index (χ0) is 32.4. The lowest BCUT2D eigenvalue weighted by Crippen LogP contribution is -2.17. The Bertz CT molecular complexity index is 1800. The minimum Gasteiger partial charge on any atom is -0.255 e. The summed E-state index contributed by atoms with van der Waals surface area (Å²) in [6, 6.07) is 22.8. The van der Waals surface area contributed by atoms with Crippen LogP contribution in [0.2, 0.25) is 0 Å². The van der Waals surface area contributed by atoms with Gasteiger partial charge in [0.15, 0.2) is 17.5 Å². The Balaban J connectivity index is 1.40. The molecule has 1 aliphatic rings. The SMILES string of the molecule is CC(C)(C)c1ccc(-c2nc(-c3ccc(C(C)(C)C)cc3)nc(-c3ccc(-c4ccc5c(c4)C(F)(F)OC5(F)F)nc3)n2)cc1. The summed E-state index contributed by atoms with van der Waals surface area (Å²) in [6.45, 7) is 12.9. The van der Waals surface area contributed by atoms with E-state index in [1.54, 1.807) is 12.1 Å². The summed E-state index contributed by atoms with van der Waals surface area (Å²) in [7, 11) is 0. The molecular formula is C36H32F4N4O. The lowest BCUT2D eigenvalue weighted by Gasteiger charge is -2.19. The maximum Gasteiger partial charge on any atom is 0.388 e. The number of rotatable bonds is 4. The van der Waals surface area contributed by atoms with Gasteiger partial charge in [-0.3, -0.25) is 4.98 Å². The Morgan fingerprint density at radius 3 is 1.38 bits per heavy atom. The molecule has 2 aromatic heterocycles. The van der Waals surface area contributed by atoms with Gasteiger partial charge in [0, 0.05) is 28.5 Å². The number of pyridine rings is 1. The average molecular weight is 613 g/mol. The Kier molecular flexibility index (Phi) is 7.16. The molecule has 0 fully saturated rings. The second-order valence-corrected chi connectivity index (χ2v) is 13.3. The highest BCUT2D eigenvalue weighted by Crippen LogP contribution is 2.51. The molecule has 1 aliphatic heterocycles. The highest BCUT2D eigenvalue weighted by molar-refractivity contribution is 5.69. The van der Waals surface area contributed by atoms with E-state index in [1.807, 2.05) is 24.3 Å². The van der Waals surface area contributed by atoms with E-state index >= 15 is 0 Å². The van der Waals surface area contributed by atoms with Crippen molar-refractivity contribution in [3.63, 3.8) is 0 Å². The van der Waals surface area contributed by atoms with Crippen LogP contribution >= 0.6 is 0 Å². The molecule has 0 radical (unpaired) electrons. The predicted molar refractivity (Wildman–Crippen MR) is 166 cm³/mol. The van der Waals surface area contributed by atoms with Crippen LogP contribution in [0.1, 0.15) is 63.8 Å². The van der Waals surface area contributed by atoms with E-state index in [9.17, 15) is 17.6 Å². The Hall–Kier alpha value is -4.50. The molecule has 5 nitrogen and oxygen atoms in total. The molecule has 0 unspecified atom stereocenters. The highest BCUT2D eigenvalue weighted by atomic mass is 19.3. The van der Waals surface area contributed by atoms with Crippen LogP contribution in [0, 0.1) is 0 Å². The van der Waals surface area contributed by atoms with Crippen LogP contribution in [0.5, 0.6) is 0 Å². The maximum absolute atomic E-state index is 14.2. The van der Waals surface area contributed by atoms with E-state index in [2.05, 4.69) is 75.5 Å². The fourth-order valence-electron chi connectivity index (χ4n) is 5.17.